The van der Waals surface area contributed by atoms with Crippen molar-refractivity contribution in [2.45, 2.75) is 38.8 Å². The van der Waals surface area contributed by atoms with E-state index >= 15 is 0 Å². The lowest BCUT2D eigenvalue weighted by molar-refractivity contribution is -0.119. The van der Waals surface area contributed by atoms with E-state index in [0.717, 1.165) is 13.1 Å². The van der Waals surface area contributed by atoms with Gasteiger partial charge in [-0.3, -0.25) is 9.69 Å². The van der Waals surface area contributed by atoms with Crippen molar-refractivity contribution in [3.8, 4) is 0 Å². The zero-order valence-electron chi connectivity index (χ0n) is 9.12. The number of nitrogens with zero attached hydrogens (tertiary/aromatic N) is 1. The van der Waals surface area contributed by atoms with Crippen molar-refractivity contribution >= 4 is 5.91 Å². The zero-order chi connectivity index (χ0) is 10.6. The number of carbonyl (C=O) groups is 1. The second-order valence-electron chi connectivity index (χ2n) is 3.96. The Bertz CT molecular complexity index is 196. The number of primary amides is 1. The maximum absolute atomic E-state index is 10.8. The van der Waals surface area contributed by atoms with E-state index in [1.807, 2.05) is 6.92 Å². The Kier molecular flexibility index (Phi) is 4.35. The van der Waals surface area contributed by atoms with E-state index in [-0.39, 0.29) is 11.9 Å². The molecule has 1 rings (SSSR count). The molecule has 0 aromatic carbocycles. The van der Waals surface area contributed by atoms with Crippen LogP contribution in [0.4, 0.5) is 0 Å². The van der Waals surface area contributed by atoms with Crippen LogP contribution in [0.2, 0.25) is 0 Å². The predicted octanol–water partition coefficient (Wildman–Crippen LogP) is -0.0659. The molecule has 0 saturated carbocycles. The fraction of sp³-hybridized carbons (Fsp3) is 0.900. The normalized spacial score (nSPS) is 25.1. The van der Waals surface area contributed by atoms with Gasteiger partial charge in [0.15, 0.2) is 0 Å². The number of likely N-dealkylation sites (N-methyl/N-ethyl adjacent to an activating group) is 1. The molecule has 1 aliphatic rings. The van der Waals surface area contributed by atoms with E-state index in [1.165, 1.54) is 19.4 Å². The number of carbonyl (C=O) groups excluding carboxylic acids is 1. The molecule has 4 nitrogen and oxygen atoms in total. The number of hydrogen-bond donors (Lipinski definition) is 2. The summed E-state index contributed by atoms with van der Waals surface area (Å²) in [7, 11) is 0. The first-order chi connectivity index (χ1) is 6.65. The molecule has 1 heterocycles. The van der Waals surface area contributed by atoms with Crippen molar-refractivity contribution in [2.24, 2.45) is 5.73 Å². The van der Waals surface area contributed by atoms with Gasteiger partial charge in [-0.25, -0.2) is 0 Å². The van der Waals surface area contributed by atoms with Crippen LogP contribution in [-0.2, 0) is 4.79 Å². The molecule has 0 aromatic rings. The number of likely N-dealkylation sites (tertiary alicyclic amines) is 1. The van der Waals surface area contributed by atoms with Crippen molar-refractivity contribution in [3.05, 3.63) is 0 Å². The third-order valence-corrected chi connectivity index (χ3v) is 2.99. The van der Waals surface area contributed by atoms with Gasteiger partial charge in [-0.2, -0.15) is 0 Å². The van der Waals surface area contributed by atoms with Gasteiger partial charge in [0.1, 0.15) is 0 Å². The summed E-state index contributed by atoms with van der Waals surface area (Å²) in [6.45, 7) is 7.15. The van der Waals surface area contributed by atoms with E-state index in [2.05, 4.69) is 17.1 Å². The minimum absolute atomic E-state index is 0.214. The number of rotatable bonds is 5. The smallest absolute Gasteiger partial charge is 0.234 e. The fourth-order valence-corrected chi connectivity index (χ4v) is 1.96. The summed E-state index contributed by atoms with van der Waals surface area (Å²) < 4.78 is 0. The van der Waals surface area contributed by atoms with Gasteiger partial charge in [-0.1, -0.05) is 6.92 Å². The Morgan fingerprint density at radius 1 is 1.71 bits per heavy atom. The zero-order valence-corrected chi connectivity index (χ0v) is 9.12. The third kappa shape index (κ3) is 2.96. The van der Waals surface area contributed by atoms with Gasteiger partial charge in [0.25, 0.3) is 0 Å². The first-order valence-corrected chi connectivity index (χ1v) is 5.42. The van der Waals surface area contributed by atoms with Gasteiger partial charge >= 0.3 is 0 Å². The lowest BCUT2D eigenvalue weighted by atomic mass is 10.2. The lowest BCUT2D eigenvalue weighted by Crippen LogP contribution is -2.45. The summed E-state index contributed by atoms with van der Waals surface area (Å²) in [5.74, 6) is -0.272. The molecule has 0 bridgehead atoms. The largest absolute Gasteiger partial charge is 0.368 e. The molecule has 3 N–H and O–H groups in total. The predicted molar refractivity (Wildman–Crippen MR) is 56.9 cm³/mol. The van der Waals surface area contributed by atoms with Gasteiger partial charge in [-0.15, -0.1) is 0 Å². The molecule has 1 aliphatic heterocycles. The minimum Gasteiger partial charge on any atom is -0.368 e. The molecule has 1 amide bonds. The summed E-state index contributed by atoms with van der Waals surface area (Å²) in [4.78, 5) is 13.2. The van der Waals surface area contributed by atoms with Crippen LogP contribution in [0.1, 0.15) is 26.7 Å². The molecule has 0 aliphatic carbocycles. The van der Waals surface area contributed by atoms with Crippen LogP contribution in [0.25, 0.3) is 0 Å². The number of nitrogens with two attached hydrogens (primary N) is 1. The van der Waals surface area contributed by atoms with Crippen LogP contribution in [0.15, 0.2) is 0 Å². The van der Waals surface area contributed by atoms with Crippen LogP contribution in [-0.4, -0.2) is 42.5 Å². The number of nitrogens with one attached hydrogen (secondary N) is 1. The highest BCUT2D eigenvalue weighted by atomic mass is 16.1. The van der Waals surface area contributed by atoms with Gasteiger partial charge in [0.2, 0.25) is 5.91 Å². The summed E-state index contributed by atoms with van der Waals surface area (Å²) in [6.07, 6.45) is 2.50. The topological polar surface area (TPSA) is 58.4 Å². The summed E-state index contributed by atoms with van der Waals surface area (Å²) in [5, 5.41) is 3.17. The highest BCUT2D eigenvalue weighted by molar-refractivity contribution is 5.79. The molecular weight excluding hydrogens is 178 g/mol. The molecule has 2 unspecified atom stereocenters. The third-order valence-electron chi connectivity index (χ3n) is 2.99. The number of hydrogen-bond acceptors (Lipinski definition) is 3. The molecule has 1 saturated heterocycles. The molecule has 0 spiro atoms. The maximum atomic E-state index is 10.8. The van der Waals surface area contributed by atoms with Crippen LogP contribution < -0.4 is 11.1 Å². The second-order valence-corrected chi connectivity index (χ2v) is 3.96. The number of amides is 1. The SMILES string of the molecule is CCN1CCCC1CNC(C)C(N)=O. The quantitative estimate of drug-likeness (QED) is 0.652. The van der Waals surface area contributed by atoms with E-state index in [0.29, 0.717) is 6.04 Å². The lowest BCUT2D eigenvalue weighted by Gasteiger charge is -2.24. The van der Waals surface area contributed by atoms with Gasteiger partial charge in [-0.05, 0) is 32.9 Å². The molecule has 82 valence electrons. The van der Waals surface area contributed by atoms with Crippen LogP contribution in [0.5, 0.6) is 0 Å². The fourth-order valence-electron chi connectivity index (χ4n) is 1.96. The molecule has 4 heteroatoms. The van der Waals surface area contributed by atoms with Crippen LogP contribution in [0.3, 0.4) is 0 Å². The molecule has 14 heavy (non-hydrogen) atoms. The molecule has 1 fully saturated rings. The standard InChI is InChI=1S/C10H21N3O/c1-3-13-6-4-5-9(13)7-12-8(2)10(11)14/h8-9,12H,3-7H2,1-2H3,(H2,11,14). The maximum Gasteiger partial charge on any atom is 0.234 e. The van der Waals surface area contributed by atoms with E-state index in [9.17, 15) is 4.79 Å². The second kappa shape index (κ2) is 5.32. The van der Waals surface area contributed by atoms with Gasteiger partial charge in [0, 0.05) is 12.6 Å². The average molecular weight is 199 g/mol. The van der Waals surface area contributed by atoms with Crippen molar-refractivity contribution in [1.82, 2.24) is 10.2 Å². The van der Waals surface area contributed by atoms with Crippen molar-refractivity contribution in [2.75, 3.05) is 19.6 Å². The van der Waals surface area contributed by atoms with Crippen molar-refractivity contribution < 1.29 is 4.79 Å². The van der Waals surface area contributed by atoms with Gasteiger partial charge in [0.05, 0.1) is 6.04 Å². The first kappa shape index (κ1) is 11.5. The van der Waals surface area contributed by atoms with E-state index in [4.69, 9.17) is 5.73 Å². The molecule has 2 atom stereocenters. The summed E-state index contributed by atoms with van der Waals surface area (Å²) in [6, 6.07) is 0.371. The minimum atomic E-state index is -0.272. The molecular formula is C10H21N3O. The van der Waals surface area contributed by atoms with E-state index in [1.54, 1.807) is 0 Å². The highest BCUT2D eigenvalue weighted by Gasteiger charge is 2.23. The Balaban J connectivity index is 2.26. The van der Waals surface area contributed by atoms with Gasteiger partial charge < -0.3 is 11.1 Å². The molecule has 0 aromatic heterocycles. The Labute approximate surface area is 85.8 Å². The summed E-state index contributed by atoms with van der Waals surface area (Å²) in [5.41, 5.74) is 5.17. The Morgan fingerprint density at radius 3 is 3.00 bits per heavy atom. The van der Waals surface area contributed by atoms with Crippen molar-refractivity contribution in [1.29, 1.82) is 0 Å². The highest BCUT2D eigenvalue weighted by Crippen LogP contribution is 2.15. The Hall–Kier alpha value is -0.610. The average Bonchev–Trinajstić information content (AvgIpc) is 2.60. The van der Waals surface area contributed by atoms with Crippen LogP contribution >= 0.6 is 0 Å². The van der Waals surface area contributed by atoms with Crippen molar-refractivity contribution in [3.63, 3.8) is 0 Å². The first-order valence-electron chi connectivity index (χ1n) is 5.42. The monoisotopic (exact) mass is 199 g/mol. The molecule has 0 radical (unpaired) electrons. The van der Waals surface area contributed by atoms with E-state index < -0.39 is 0 Å². The van der Waals surface area contributed by atoms with Crippen LogP contribution in [0, 0.1) is 0 Å². The Morgan fingerprint density at radius 2 is 2.43 bits per heavy atom. The summed E-state index contributed by atoms with van der Waals surface area (Å²) >= 11 is 0.